The van der Waals surface area contributed by atoms with E-state index in [-0.39, 0.29) is 0 Å². The van der Waals surface area contributed by atoms with Crippen molar-refractivity contribution in [1.82, 2.24) is 0 Å². The van der Waals surface area contributed by atoms with Gasteiger partial charge >= 0.3 is 0 Å². The Morgan fingerprint density at radius 1 is 1.15 bits per heavy atom. The minimum absolute atomic E-state index is 0.491. The van der Waals surface area contributed by atoms with Crippen molar-refractivity contribution < 1.29 is 5.11 Å². The summed E-state index contributed by atoms with van der Waals surface area (Å²) in [5, 5.41) is 9.83. The molecule has 0 saturated heterocycles. The zero-order valence-electron chi connectivity index (χ0n) is 8.09. The lowest BCUT2D eigenvalue weighted by Crippen LogP contribution is -2.03. The minimum Gasteiger partial charge on any atom is -0.507 e. The SMILES string of the molecule is CC1=C(O)c2cc(C)ccc2CC1. The number of aryl methyl sites for hydroxylation is 2. The van der Waals surface area contributed by atoms with Crippen molar-refractivity contribution in [1.29, 1.82) is 0 Å². The number of allylic oxidation sites excluding steroid dienone is 1. The van der Waals surface area contributed by atoms with Gasteiger partial charge < -0.3 is 5.11 Å². The molecular weight excluding hydrogens is 160 g/mol. The molecule has 1 aromatic carbocycles. The number of benzene rings is 1. The zero-order valence-corrected chi connectivity index (χ0v) is 8.09. The van der Waals surface area contributed by atoms with E-state index in [2.05, 4.69) is 25.1 Å². The number of hydrogen-bond donors (Lipinski definition) is 1. The molecule has 0 saturated carbocycles. The maximum absolute atomic E-state index is 9.83. The molecule has 1 aromatic rings. The Bertz CT molecular complexity index is 375. The van der Waals surface area contributed by atoms with Gasteiger partial charge in [0, 0.05) is 5.56 Å². The first kappa shape index (κ1) is 8.36. The van der Waals surface area contributed by atoms with E-state index in [4.69, 9.17) is 0 Å². The van der Waals surface area contributed by atoms with Gasteiger partial charge in [0.1, 0.15) is 5.76 Å². The van der Waals surface area contributed by atoms with E-state index < -0.39 is 0 Å². The van der Waals surface area contributed by atoms with Crippen LogP contribution < -0.4 is 0 Å². The van der Waals surface area contributed by atoms with Gasteiger partial charge in [-0.2, -0.15) is 0 Å². The van der Waals surface area contributed by atoms with Gasteiger partial charge in [0.05, 0.1) is 0 Å². The summed E-state index contributed by atoms with van der Waals surface area (Å²) in [6, 6.07) is 6.29. The van der Waals surface area contributed by atoms with Gasteiger partial charge in [-0.1, -0.05) is 17.7 Å². The third kappa shape index (κ3) is 1.35. The summed E-state index contributed by atoms with van der Waals surface area (Å²) in [6.07, 6.45) is 2.05. The molecule has 0 amide bonds. The van der Waals surface area contributed by atoms with E-state index in [9.17, 15) is 5.11 Å². The summed E-state index contributed by atoms with van der Waals surface area (Å²) in [4.78, 5) is 0. The molecule has 2 rings (SSSR count). The first-order chi connectivity index (χ1) is 6.18. The van der Waals surface area contributed by atoms with E-state index in [1.807, 2.05) is 6.92 Å². The standard InChI is InChI=1S/C12H14O/c1-8-3-5-10-6-4-9(2)12(13)11(10)7-8/h3,5,7,13H,4,6H2,1-2H3. The molecule has 0 aromatic heterocycles. The van der Waals surface area contributed by atoms with E-state index >= 15 is 0 Å². The third-order valence-electron chi connectivity index (χ3n) is 2.69. The molecule has 0 atom stereocenters. The Kier molecular flexibility index (Phi) is 1.87. The average Bonchev–Trinajstić information content (AvgIpc) is 2.12. The second-order valence-electron chi connectivity index (χ2n) is 3.79. The number of aliphatic hydroxyl groups is 1. The Balaban J connectivity index is 2.60. The number of rotatable bonds is 0. The molecule has 0 unspecified atom stereocenters. The molecule has 13 heavy (non-hydrogen) atoms. The fraction of sp³-hybridized carbons (Fsp3) is 0.333. The molecule has 1 N–H and O–H groups in total. The molecule has 0 spiro atoms. The van der Waals surface area contributed by atoms with Crippen LogP contribution in [-0.4, -0.2) is 5.11 Å². The van der Waals surface area contributed by atoms with Crippen LogP contribution in [0.15, 0.2) is 23.8 Å². The van der Waals surface area contributed by atoms with Crippen LogP contribution in [0.5, 0.6) is 0 Å². The topological polar surface area (TPSA) is 20.2 Å². The molecule has 1 aliphatic rings. The summed E-state index contributed by atoms with van der Waals surface area (Å²) < 4.78 is 0. The predicted octanol–water partition coefficient (Wildman–Crippen LogP) is 3.23. The Labute approximate surface area is 78.7 Å². The highest BCUT2D eigenvalue weighted by Crippen LogP contribution is 2.29. The largest absolute Gasteiger partial charge is 0.507 e. The summed E-state index contributed by atoms with van der Waals surface area (Å²) in [7, 11) is 0. The van der Waals surface area contributed by atoms with Gasteiger partial charge in [0.2, 0.25) is 0 Å². The average molecular weight is 174 g/mol. The highest BCUT2D eigenvalue weighted by atomic mass is 16.3. The monoisotopic (exact) mass is 174 g/mol. The Hall–Kier alpha value is -1.24. The molecule has 68 valence electrons. The summed E-state index contributed by atoms with van der Waals surface area (Å²) >= 11 is 0. The lowest BCUT2D eigenvalue weighted by Gasteiger charge is -2.17. The normalized spacial score (nSPS) is 15.8. The molecule has 0 aliphatic heterocycles. The lowest BCUT2D eigenvalue weighted by atomic mass is 9.90. The van der Waals surface area contributed by atoms with Gasteiger partial charge in [-0.05, 0) is 43.9 Å². The fourth-order valence-electron chi connectivity index (χ4n) is 1.80. The van der Waals surface area contributed by atoms with E-state index in [1.165, 1.54) is 11.1 Å². The van der Waals surface area contributed by atoms with Gasteiger partial charge in [-0.3, -0.25) is 0 Å². The number of hydrogen-bond acceptors (Lipinski definition) is 1. The van der Waals surface area contributed by atoms with Gasteiger partial charge in [0.15, 0.2) is 0 Å². The Morgan fingerprint density at radius 3 is 2.69 bits per heavy atom. The molecule has 0 fully saturated rings. The summed E-state index contributed by atoms with van der Waals surface area (Å²) in [5.41, 5.74) is 4.62. The number of fused-ring (bicyclic) bond motifs is 1. The van der Waals surface area contributed by atoms with Crippen LogP contribution in [0.1, 0.15) is 30.0 Å². The van der Waals surface area contributed by atoms with Crippen LogP contribution in [0.2, 0.25) is 0 Å². The van der Waals surface area contributed by atoms with Gasteiger partial charge in [-0.25, -0.2) is 0 Å². The second-order valence-corrected chi connectivity index (χ2v) is 3.79. The van der Waals surface area contributed by atoms with Crippen molar-refractivity contribution in [3.8, 4) is 0 Å². The van der Waals surface area contributed by atoms with Crippen molar-refractivity contribution in [2.75, 3.05) is 0 Å². The van der Waals surface area contributed by atoms with Crippen molar-refractivity contribution in [2.45, 2.75) is 26.7 Å². The molecule has 0 bridgehead atoms. The van der Waals surface area contributed by atoms with E-state index in [0.29, 0.717) is 5.76 Å². The second kappa shape index (κ2) is 2.91. The molecule has 0 heterocycles. The molecule has 1 aliphatic carbocycles. The first-order valence-corrected chi connectivity index (χ1v) is 4.67. The number of aliphatic hydroxyl groups excluding tert-OH is 1. The van der Waals surface area contributed by atoms with Crippen molar-refractivity contribution in [2.24, 2.45) is 0 Å². The molecular formula is C12H14O. The smallest absolute Gasteiger partial charge is 0.122 e. The van der Waals surface area contributed by atoms with Crippen molar-refractivity contribution in [3.63, 3.8) is 0 Å². The first-order valence-electron chi connectivity index (χ1n) is 4.67. The maximum Gasteiger partial charge on any atom is 0.122 e. The van der Waals surface area contributed by atoms with Gasteiger partial charge in [-0.15, -0.1) is 0 Å². The van der Waals surface area contributed by atoms with E-state index in [1.54, 1.807) is 0 Å². The highest BCUT2D eigenvalue weighted by molar-refractivity contribution is 5.67. The molecule has 0 radical (unpaired) electrons. The molecule has 1 heteroatoms. The van der Waals surface area contributed by atoms with Crippen LogP contribution in [0.4, 0.5) is 0 Å². The predicted molar refractivity (Wildman–Crippen MR) is 54.7 cm³/mol. The van der Waals surface area contributed by atoms with Gasteiger partial charge in [0.25, 0.3) is 0 Å². The summed E-state index contributed by atoms with van der Waals surface area (Å²) in [5.74, 6) is 0.491. The quantitative estimate of drug-likeness (QED) is 0.640. The third-order valence-corrected chi connectivity index (χ3v) is 2.69. The van der Waals surface area contributed by atoms with Crippen LogP contribution >= 0.6 is 0 Å². The maximum atomic E-state index is 9.83. The van der Waals surface area contributed by atoms with Crippen molar-refractivity contribution in [3.05, 3.63) is 40.5 Å². The molecule has 1 nitrogen and oxygen atoms in total. The van der Waals surface area contributed by atoms with E-state index in [0.717, 1.165) is 24.0 Å². The Morgan fingerprint density at radius 2 is 1.92 bits per heavy atom. The van der Waals surface area contributed by atoms with Crippen LogP contribution in [-0.2, 0) is 6.42 Å². The minimum atomic E-state index is 0.491. The fourth-order valence-corrected chi connectivity index (χ4v) is 1.80. The van der Waals surface area contributed by atoms with Crippen LogP contribution in [0, 0.1) is 6.92 Å². The van der Waals surface area contributed by atoms with Crippen LogP contribution in [0.25, 0.3) is 5.76 Å². The zero-order chi connectivity index (χ0) is 9.42. The lowest BCUT2D eigenvalue weighted by molar-refractivity contribution is 0.498. The summed E-state index contributed by atoms with van der Waals surface area (Å²) in [6.45, 7) is 4.05. The highest BCUT2D eigenvalue weighted by Gasteiger charge is 2.14. The van der Waals surface area contributed by atoms with Crippen molar-refractivity contribution >= 4 is 5.76 Å². The van der Waals surface area contributed by atoms with Crippen LogP contribution in [0.3, 0.4) is 0 Å².